The topological polar surface area (TPSA) is 83.9 Å². The second-order valence-electron chi connectivity index (χ2n) is 8.24. The minimum absolute atomic E-state index is 0.292. The molecule has 2 heterocycles. The van der Waals surface area contributed by atoms with E-state index in [4.69, 9.17) is 0 Å². The number of carbonyl (C=O) groups is 2. The molecule has 0 radical (unpaired) electrons. The predicted molar refractivity (Wildman–Crippen MR) is 127 cm³/mol. The first-order valence-electron chi connectivity index (χ1n) is 11.1. The Morgan fingerprint density at radius 3 is 2.47 bits per heavy atom. The van der Waals surface area contributed by atoms with Crippen molar-refractivity contribution in [3.05, 3.63) is 89.1 Å². The summed E-state index contributed by atoms with van der Waals surface area (Å²) in [5.41, 5.74) is 4.81. The number of nitrogens with one attached hydrogen (secondary N) is 1. The van der Waals surface area contributed by atoms with Gasteiger partial charge in [-0.05, 0) is 69.2 Å². The fourth-order valence-electron chi connectivity index (χ4n) is 3.94. The number of carbonyl (C=O) groups excluding carboxylic acids is 2. The third kappa shape index (κ3) is 4.80. The molecule has 0 saturated carbocycles. The first-order valence-corrected chi connectivity index (χ1v) is 11.1. The number of ketones is 1. The molecule has 2 aromatic carbocycles. The number of amides is 1. The van der Waals surface area contributed by atoms with E-state index in [-0.39, 0.29) is 5.82 Å². The van der Waals surface area contributed by atoms with Gasteiger partial charge in [0.2, 0.25) is 0 Å². The number of hydrogen-bond donors (Lipinski definition) is 1. The molecule has 0 aliphatic heterocycles. The molecule has 0 atom stereocenters. The van der Waals surface area contributed by atoms with E-state index >= 15 is 0 Å². The first kappa shape index (κ1) is 23.1. The lowest BCUT2D eigenvalue weighted by Crippen LogP contribution is -2.34. The molecule has 8 heteroatoms. The summed E-state index contributed by atoms with van der Waals surface area (Å²) < 4.78 is 14.8. The van der Waals surface area contributed by atoms with Crippen LogP contribution in [-0.2, 0) is 11.2 Å². The molecule has 0 saturated heterocycles. The molecule has 0 aliphatic carbocycles. The standard InChI is InChI=1S/C26H26FN5O2/c1-17-24(18(2)32(30-17)22-9-5-4-6-10-22)25(33)26(34)31(3)15-7-8-21-16-23(29-28-21)19-11-13-20(27)14-12-19/h4-6,9-14,16H,7-8,15H2,1-3H3,(H,28,29). The van der Waals surface area contributed by atoms with Crippen molar-refractivity contribution in [1.29, 1.82) is 0 Å². The minimum atomic E-state index is -0.560. The van der Waals surface area contributed by atoms with Crippen molar-refractivity contribution >= 4 is 11.7 Å². The Balaban J connectivity index is 1.37. The van der Waals surface area contributed by atoms with Crippen LogP contribution in [0, 0.1) is 19.7 Å². The van der Waals surface area contributed by atoms with E-state index in [1.807, 2.05) is 36.4 Å². The molecule has 0 fully saturated rings. The van der Waals surface area contributed by atoms with Gasteiger partial charge in [-0.2, -0.15) is 10.2 Å². The lowest BCUT2D eigenvalue weighted by Gasteiger charge is -2.16. The van der Waals surface area contributed by atoms with Crippen molar-refractivity contribution in [2.24, 2.45) is 0 Å². The molecule has 2 aromatic heterocycles. The summed E-state index contributed by atoms with van der Waals surface area (Å²) in [5.74, 6) is -1.41. The van der Waals surface area contributed by atoms with Crippen molar-refractivity contribution in [1.82, 2.24) is 24.9 Å². The zero-order chi connectivity index (χ0) is 24.2. The number of halogens is 1. The van der Waals surface area contributed by atoms with E-state index in [1.54, 1.807) is 37.7 Å². The van der Waals surface area contributed by atoms with Crippen molar-refractivity contribution in [3.63, 3.8) is 0 Å². The molecule has 0 unspecified atom stereocenters. The molecule has 1 N–H and O–H groups in total. The maximum atomic E-state index is 13.1. The van der Waals surface area contributed by atoms with Gasteiger partial charge in [0.1, 0.15) is 5.82 Å². The molecule has 4 aromatic rings. The summed E-state index contributed by atoms with van der Waals surface area (Å²) in [4.78, 5) is 27.3. The number of likely N-dealkylation sites (N-methyl/N-ethyl adjacent to an activating group) is 1. The summed E-state index contributed by atoms with van der Waals surface area (Å²) in [6.07, 6.45) is 1.31. The van der Waals surface area contributed by atoms with Crippen LogP contribution >= 0.6 is 0 Å². The van der Waals surface area contributed by atoms with E-state index in [9.17, 15) is 14.0 Å². The van der Waals surface area contributed by atoms with Gasteiger partial charge in [-0.15, -0.1) is 0 Å². The molecular formula is C26H26FN5O2. The second kappa shape index (κ2) is 9.82. The third-order valence-electron chi connectivity index (χ3n) is 5.77. The number of benzene rings is 2. The molecule has 0 aliphatic rings. The Morgan fingerprint density at radius 2 is 1.76 bits per heavy atom. The molecular weight excluding hydrogens is 433 g/mol. The van der Waals surface area contributed by atoms with Crippen LogP contribution < -0.4 is 0 Å². The summed E-state index contributed by atoms with van der Waals surface area (Å²) in [6, 6.07) is 17.6. The van der Waals surface area contributed by atoms with Gasteiger partial charge in [-0.3, -0.25) is 14.7 Å². The Hall–Kier alpha value is -4.07. The zero-order valence-corrected chi connectivity index (χ0v) is 19.4. The van der Waals surface area contributed by atoms with E-state index in [2.05, 4.69) is 15.3 Å². The Morgan fingerprint density at radius 1 is 1.06 bits per heavy atom. The van der Waals surface area contributed by atoms with Crippen LogP contribution in [0.15, 0.2) is 60.7 Å². The van der Waals surface area contributed by atoms with Crippen molar-refractivity contribution < 1.29 is 14.0 Å². The number of para-hydroxylation sites is 1. The van der Waals surface area contributed by atoms with Gasteiger partial charge in [0.25, 0.3) is 11.7 Å². The van der Waals surface area contributed by atoms with Gasteiger partial charge < -0.3 is 4.90 Å². The largest absolute Gasteiger partial charge is 0.339 e. The number of aryl methyl sites for hydroxylation is 2. The van der Waals surface area contributed by atoms with E-state index in [0.29, 0.717) is 36.3 Å². The quantitative estimate of drug-likeness (QED) is 0.315. The first-order chi connectivity index (χ1) is 16.3. The summed E-state index contributed by atoms with van der Waals surface area (Å²) >= 11 is 0. The maximum Gasteiger partial charge on any atom is 0.294 e. The highest BCUT2D eigenvalue weighted by Gasteiger charge is 2.27. The predicted octanol–water partition coefficient (Wildman–Crippen LogP) is 4.29. The number of hydrogen-bond acceptors (Lipinski definition) is 4. The highest BCUT2D eigenvalue weighted by Crippen LogP contribution is 2.20. The number of Topliss-reactive ketones (excluding diaryl/α,β-unsaturated/α-hetero) is 1. The third-order valence-corrected chi connectivity index (χ3v) is 5.77. The van der Waals surface area contributed by atoms with Crippen molar-refractivity contribution in [2.45, 2.75) is 26.7 Å². The second-order valence-corrected chi connectivity index (χ2v) is 8.24. The number of nitrogens with zero attached hydrogens (tertiary/aromatic N) is 4. The van der Waals surface area contributed by atoms with E-state index in [0.717, 1.165) is 22.6 Å². The fraction of sp³-hybridized carbons (Fsp3) is 0.231. The monoisotopic (exact) mass is 459 g/mol. The van der Waals surface area contributed by atoms with Gasteiger partial charge in [-0.1, -0.05) is 18.2 Å². The van der Waals surface area contributed by atoms with Crippen LogP contribution in [0.1, 0.15) is 33.9 Å². The highest BCUT2D eigenvalue weighted by molar-refractivity contribution is 6.43. The highest BCUT2D eigenvalue weighted by atomic mass is 19.1. The molecule has 7 nitrogen and oxygen atoms in total. The lowest BCUT2D eigenvalue weighted by molar-refractivity contribution is -0.125. The average molecular weight is 460 g/mol. The number of H-pyrrole nitrogens is 1. The van der Waals surface area contributed by atoms with Crippen LogP contribution in [0.2, 0.25) is 0 Å². The Labute approximate surface area is 197 Å². The lowest BCUT2D eigenvalue weighted by atomic mass is 10.1. The maximum absolute atomic E-state index is 13.1. The SMILES string of the molecule is Cc1nn(-c2ccccc2)c(C)c1C(=O)C(=O)N(C)CCCc1cc(-c2ccc(F)cc2)n[nH]1. The minimum Gasteiger partial charge on any atom is -0.339 e. The van der Waals surface area contributed by atoms with Crippen molar-refractivity contribution in [2.75, 3.05) is 13.6 Å². The molecule has 34 heavy (non-hydrogen) atoms. The van der Waals surface area contributed by atoms with E-state index < -0.39 is 11.7 Å². The average Bonchev–Trinajstić information content (AvgIpc) is 3.43. The summed E-state index contributed by atoms with van der Waals surface area (Å²) in [5, 5.41) is 11.7. The van der Waals surface area contributed by atoms with Crippen molar-refractivity contribution in [3.8, 4) is 16.9 Å². The fourth-order valence-corrected chi connectivity index (χ4v) is 3.94. The normalized spacial score (nSPS) is 10.9. The molecule has 4 rings (SSSR count). The molecule has 0 bridgehead atoms. The summed E-state index contributed by atoms with van der Waals surface area (Å²) in [6.45, 7) is 3.95. The molecule has 0 spiro atoms. The number of aromatic amines is 1. The Bertz CT molecular complexity index is 1310. The van der Waals surface area contributed by atoms with Crippen LogP contribution in [0.3, 0.4) is 0 Å². The number of aromatic nitrogens is 4. The number of rotatable bonds is 8. The van der Waals surface area contributed by atoms with Gasteiger partial charge in [0.15, 0.2) is 0 Å². The zero-order valence-electron chi connectivity index (χ0n) is 19.4. The van der Waals surface area contributed by atoms with Gasteiger partial charge >= 0.3 is 0 Å². The van der Waals surface area contributed by atoms with Crippen LogP contribution in [0.25, 0.3) is 16.9 Å². The molecule has 1 amide bonds. The Kier molecular flexibility index (Phi) is 6.67. The van der Waals surface area contributed by atoms with Gasteiger partial charge in [0, 0.05) is 24.8 Å². The van der Waals surface area contributed by atoms with Gasteiger partial charge in [0.05, 0.1) is 28.3 Å². The smallest absolute Gasteiger partial charge is 0.294 e. The summed E-state index contributed by atoms with van der Waals surface area (Å²) in [7, 11) is 1.63. The van der Waals surface area contributed by atoms with Gasteiger partial charge in [-0.25, -0.2) is 9.07 Å². The van der Waals surface area contributed by atoms with E-state index in [1.165, 1.54) is 17.0 Å². The molecule has 174 valence electrons. The van der Waals surface area contributed by atoms with Crippen LogP contribution in [0.4, 0.5) is 4.39 Å². The van der Waals surface area contributed by atoms with Crippen LogP contribution in [-0.4, -0.2) is 50.2 Å². The van der Waals surface area contributed by atoms with Crippen LogP contribution in [0.5, 0.6) is 0 Å².